The van der Waals surface area contributed by atoms with Crippen LogP contribution in [0.1, 0.15) is 6.23 Å². The number of nitrogen functional groups attached to an aromatic ring is 1. The van der Waals surface area contributed by atoms with E-state index in [0.717, 1.165) is 10.9 Å². The van der Waals surface area contributed by atoms with Crippen LogP contribution in [-0.4, -0.2) is 89.4 Å². The Morgan fingerprint density at radius 3 is 2.66 bits per heavy atom. The van der Waals surface area contributed by atoms with Crippen molar-refractivity contribution in [3.63, 3.8) is 0 Å². The van der Waals surface area contributed by atoms with Gasteiger partial charge in [-0.2, -0.15) is 9.29 Å². The molecule has 0 bridgehead atoms. The smallest absolute Gasteiger partial charge is 0.387 e. The minimum atomic E-state index is -5.23. The number of H-pyrrole nitrogens is 1. The highest BCUT2D eigenvalue weighted by atomic mass is 35.5. The topological polar surface area (TPSA) is 271 Å². The highest BCUT2D eigenvalue weighted by Gasteiger charge is 2.46. The fraction of sp³-hybridized carbons (Fsp3) is 0.571. The first-order valence-electron chi connectivity index (χ1n) is 9.56. The molecule has 3 heterocycles. The van der Waals surface area contributed by atoms with Crippen LogP contribution in [0.15, 0.2) is 11.1 Å². The number of phosphoric ester groups is 2. The van der Waals surface area contributed by atoms with E-state index in [1.807, 2.05) is 0 Å². The molecule has 0 saturated carbocycles. The number of hydrogen-bond donors (Lipinski definition) is 7. The number of aliphatic hydroxyl groups is 2. The zero-order valence-electron chi connectivity index (χ0n) is 17.5. The maximum absolute atomic E-state index is 12.1. The minimum absolute atomic E-state index is 0.0687. The summed E-state index contributed by atoms with van der Waals surface area (Å²) in [6, 6.07) is 0. The summed E-state index contributed by atoms with van der Waals surface area (Å²) < 4.78 is 43.6. The molecule has 1 saturated heterocycles. The number of ether oxygens (including phenoxy) is 1. The number of hydrogen-bond acceptors (Lipinski definition) is 13. The number of fused-ring (bicyclic) bond motifs is 1. The van der Waals surface area contributed by atoms with Gasteiger partial charge >= 0.3 is 15.6 Å². The van der Waals surface area contributed by atoms with Gasteiger partial charge in [0.25, 0.3) is 5.56 Å². The lowest BCUT2D eigenvalue weighted by Gasteiger charge is -2.19. The van der Waals surface area contributed by atoms with Crippen LogP contribution in [0.5, 0.6) is 0 Å². The number of anilines is 1. The Morgan fingerprint density at radius 2 is 1.97 bits per heavy atom. The number of aromatic nitrogens is 4. The second-order valence-electron chi connectivity index (χ2n) is 6.95. The Hall–Kier alpha value is -1.95. The second-order valence-corrected chi connectivity index (χ2v) is 10.3. The summed E-state index contributed by atoms with van der Waals surface area (Å²) in [6.07, 6.45) is -4.98. The van der Waals surface area contributed by atoms with Gasteiger partial charge in [0.2, 0.25) is 11.9 Å². The van der Waals surface area contributed by atoms with E-state index in [0.29, 0.717) is 0 Å². The molecule has 3 rings (SSSR count). The summed E-state index contributed by atoms with van der Waals surface area (Å²) in [4.78, 5) is 52.2. The average molecular weight is 563 g/mol. The van der Waals surface area contributed by atoms with Crippen molar-refractivity contribution in [3.8, 4) is 0 Å². The number of carbonyl (C=O) groups excluding carboxylic acids is 1. The predicted octanol–water partition coefficient (Wildman–Crippen LogP) is -2.07. The third-order valence-electron chi connectivity index (χ3n) is 4.47. The summed E-state index contributed by atoms with van der Waals surface area (Å²) in [5, 5.41) is 22.8. The number of nitrogens with one attached hydrogen (secondary N) is 2. The number of imidazole rings is 1. The third kappa shape index (κ3) is 6.84. The van der Waals surface area contributed by atoms with Crippen LogP contribution >= 0.6 is 27.2 Å². The summed E-state index contributed by atoms with van der Waals surface area (Å²) in [6.45, 7) is -1.68. The molecule has 35 heavy (non-hydrogen) atoms. The fourth-order valence-corrected chi connectivity index (χ4v) is 5.14. The molecule has 1 aliphatic heterocycles. The summed E-state index contributed by atoms with van der Waals surface area (Å²) in [5.41, 5.74) is 4.66. The van der Waals surface area contributed by atoms with Crippen molar-refractivity contribution in [1.29, 1.82) is 0 Å². The Kier molecular flexibility index (Phi) is 8.67. The SMILES string of the molecule is Nc1nc2c(ncn2[C@@H]2O[C@H](COP(=O)(O)OP(=O)(O)OCCNC(=O)CCl)[C@@H](O)[C@H]2O)c(=O)[nH]1. The molecule has 21 heteroatoms. The molecule has 196 valence electrons. The van der Waals surface area contributed by atoms with E-state index in [4.69, 9.17) is 22.1 Å². The van der Waals surface area contributed by atoms with E-state index in [-0.39, 0.29) is 29.5 Å². The van der Waals surface area contributed by atoms with E-state index < -0.39 is 64.9 Å². The van der Waals surface area contributed by atoms with Crippen molar-refractivity contribution in [2.45, 2.75) is 24.5 Å². The lowest BCUT2D eigenvalue weighted by Crippen LogP contribution is -2.33. The van der Waals surface area contributed by atoms with E-state index >= 15 is 0 Å². The van der Waals surface area contributed by atoms with Crippen LogP contribution < -0.4 is 16.6 Å². The first-order chi connectivity index (χ1) is 16.3. The number of rotatable bonds is 11. The van der Waals surface area contributed by atoms with E-state index in [2.05, 4.69) is 33.6 Å². The van der Waals surface area contributed by atoms with Crippen molar-refractivity contribution < 1.29 is 52.0 Å². The maximum Gasteiger partial charge on any atom is 0.481 e. The van der Waals surface area contributed by atoms with Crippen molar-refractivity contribution in [2.75, 3.05) is 31.4 Å². The third-order valence-corrected chi connectivity index (χ3v) is 7.35. The number of phosphoric acid groups is 2. The molecule has 1 aliphatic rings. The zero-order valence-corrected chi connectivity index (χ0v) is 20.0. The van der Waals surface area contributed by atoms with Crippen LogP contribution in [0, 0.1) is 0 Å². The normalized spacial score (nSPS) is 25.9. The molecule has 1 amide bonds. The van der Waals surface area contributed by atoms with Crippen LogP contribution in [0.2, 0.25) is 0 Å². The number of aromatic amines is 1. The van der Waals surface area contributed by atoms with Gasteiger partial charge in [0.15, 0.2) is 17.4 Å². The standard InChI is InChI=1S/C14H21ClN6O12P2/c15-3-7(22)17-1-2-30-34(26,27)33-35(28,29)31-4-6-9(23)10(24)13(32-6)21-5-18-8-11(21)19-14(16)20-12(8)25/h5-6,9-10,13,23-24H,1-4H2,(H,17,22)(H,26,27)(H,28,29)(H3,16,19,20,25)/t6-,9-,10-,13-/m1/s1. The van der Waals surface area contributed by atoms with Gasteiger partial charge in [0.1, 0.15) is 24.2 Å². The van der Waals surface area contributed by atoms with Crippen LogP contribution in [0.25, 0.3) is 11.2 Å². The molecule has 0 aliphatic carbocycles. The first kappa shape index (κ1) is 27.6. The molecule has 1 fully saturated rings. The summed E-state index contributed by atoms with van der Waals surface area (Å²) in [7, 11) is -10.3. The first-order valence-corrected chi connectivity index (χ1v) is 13.1. The van der Waals surface area contributed by atoms with Gasteiger partial charge in [-0.3, -0.25) is 28.2 Å². The Labute approximate surface area is 200 Å². The van der Waals surface area contributed by atoms with Crippen LogP contribution in [0.3, 0.4) is 0 Å². The lowest BCUT2D eigenvalue weighted by atomic mass is 10.1. The molecular formula is C14H21ClN6O12P2. The number of alkyl halides is 1. The van der Waals surface area contributed by atoms with Crippen LogP contribution in [-0.2, 0) is 32.0 Å². The molecule has 18 nitrogen and oxygen atoms in total. The van der Waals surface area contributed by atoms with Gasteiger partial charge in [0.05, 0.1) is 19.5 Å². The van der Waals surface area contributed by atoms with Gasteiger partial charge in [-0.15, -0.1) is 11.6 Å². The average Bonchev–Trinajstić information content (AvgIpc) is 3.30. The van der Waals surface area contributed by atoms with Crippen molar-refractivity contribution in [2.24, 2.45) is 0 Å². The van der Waals surface area contributed by atoms with E-state index in [1.165, 1.54) is 0 Å². The number of nitrogens with zero attached hydrogens (tertiary/aromatic N) is 3. The molecule has 8 N–H and O–H groups in total. The molecule has 2 aromatic rings. The number of carbonyl (C=O) groups is 1. The Morgan fingerprint density at radius 1 is 1.29 bits per heavy atom. The van der Waals surface area contributed by atoms with E-state index in [9.17, 15) is 38.7 Å². The molecule has 0 radical (unpaired) electrons. The minimum Gasteiger partial charge on any atom is -0.387 e. The monoisotopic (exact) mass is 562 g/mol. The van der Waals surface area contributed by atoms with Gasteiger partial charge < -0.3 is 35.8 Å². The van der Waals surface area contributed by atoms with Crippen molar-refractivity contribution in [1.82, 2.24) is 24.8 Å². The van der Waals surface area contributed by atoms with Gasteiger partial charge in [0, 0.05) is 6.54 Å². The van der Waals surface area contributed by atoms with E-state index in [1.54, 1.807) is 0 Å². The highest BCUT2D eigenvalue weighted by Crippen LogP contribution is 2.60. The molecule has 2 aromatic heterocycles. The lowest BCUT2D eigenvalue weighted by molar-refractivity contribution is -0.118. The van der Waals surface area contributed by atoms with Crippen molar-refractivity contribution in [3.05, 3.63) is 16.7 Å². The number of aliphatic hydroxyl groups excluding tert-OH is 2. The number of halogens is 1. The highest BCUT2D eigenvalue weighted by molar-refractivity contribution is 7.61. The Bertz CT molecular complexity index is 1220. The predicted molar refractivity (Wildman–Crippen MR) is 115 cm³/mol. The molecule has 2 unspecified atom stereocenters. The zero-order chi connectivity index (χ0) is 26.0. The Balaban J connectivity index is 1.60. The molecular weight excluding hydrogens is 542 g/mol. The number of nitrogens with two attached hydrogens (primary N) is 1. The van der Waals surface area contributed by atoms with Gasteiger partial charge in [-0.25, -0.2) is 14.1 Å². The second kappa shape index (κ2) is 11.0. The fourth-order valence-electron chi connectivity index (χ4n) is 2.97. The van der Waals surface area contributed by atoms with Crippen molar-refractivity contribution >= 4 is 50.3 Å². The molecule has 0 spiro atoms. The maximum atomic E-state index is 12.1. The molecule has 0 aromatic carbocycles. The molecule has 6 atom stereocenters. The van der Waals surface area contributed by atoms with Crippen LogP contribution in [0.4, 0.5) is 5.95 Å². The quantitative estimate of drug-likeness (QED) is 0.0879. The van der Waals surface area contributed by atoms with Gasteiger partial charge in [-0.1, -0.05) is 0 Å². The summed E-state index contributed by atoms with van der Waals surface area (Å²) >= 11 is 5.25. The largest absolute Gasteiger partial charge is 0.481 e. The number of amides is 1. The van der Waals surface area contributed by atoms with Gasteiger partial charge in [-0.05, 0) is 0 Å². The summed E-state index contributed by atoms with van der Waals surface area (Å²) in [5.74, 6) is -1.17.